The highest BCUT2D eigenvalue weighted by molar-refractivity contribution is 6.28. The fraction of sp³-hybridized carbons (Fsp3) is 0.442. The number of halogens is 1. The molecule has 2 amide bonds. The van der Waals surface area contributed by atoms with Crippen molar-refractivity contribution in [3.8, 4) is 29.0 Å². The van der Waals surface area contributed by atoms with Gasteiger partial charge in [0.05, 0.1) is 24.8 Å². The number of H-pyrrole nitrogens is 1. The Bertz CT molecular complexity index is 2450. The fourth-order valence-electron chi connectivity index (χ4n) is 8.31. The topological polar surface area (TPSA) is 215 Å². The van der Waals surface area contributed by atoms with Crippen LogP contribution >= 0.6 is 11.6 Å². The third kappa shape index (κ3) is 9.39. The molecular formula is C43H53ClN16O4. The van der Waals surface area contributed by atoms with E-state index in [0.29, 0.717) is 42.8 Å². The first-order chi connectivity index (χ1) is 30.8. The highest BCUT2D eigenvalue weighted by atomic mass is 35.5. The van der Waals surface area contributed by atoms with Gasteiger partial charge in [0.1, 0.15) is 34.8 Å². The zero-order valence-corrected chi connectivity index (χ0v) is 36.3. The quantitative estimate of drug-likeness (QED) is 0.203. The number of imidazole rings is 2. The molecule has 2 fully saturated rings. The lowest BCUT2D eigenvalue weighted by Crippen LogP contribution is -2.57. The smallest absolute Gasteiger partial charge is 0.249 e. The van der Waals surface area contributed by atoms with E-state index < -0.39 is 0 Å². The molecule has 0 bridgehead atoms. The summed E-state index contributed by atoms with van der Waals surface area (Å²) < 4.78 is 12.8. The SMILES string of the molecule is C.CC[C@@H]1C(=O)N(C)c2cnc(-n3ccnc3-c3cnccn3)nc2N1C1CCOCC1.CC[C@@H]1C(=O)N(C)c2cnc(Cl)nc2N1C1CCOCC1.c1cnc(-c2ncc[nH]2)cn1. The van der Waals surface area contributed by atoms with Gasteiger partial charge in [-0.3, -0.25) is 24.1 Å². The Morgan fingerprint density at radius 1 is 0.656 bits per heavy atom. The maximum atomic E-state index is 13.1. The lowest BCUT2D eigenvalue weighted by Gasteiger charge is -2.45. The third-order valence-electron chi connectivity index (χ3n) is 11.5. The van der Waals surface area contributed by atoms with E-state index in [1.807, 2.05) is 13.8 Å². The number of nitrogens with one attached hydrogen (secondary N) is 1. The summed E-state index contributed by atoms with van der Waals surface area (Å²) in [6, 6.07) is -0.00618. The summed E-state index contributed by atoms with van der Waals surface area (Å²) >= 11 is 5.98. The van der Waals surface area contributed by atoms with Crippen LogP contribution in [0.3, 0.4) is 0 Å². The van der Waals surface area contributed by atoms with E-state index in [2.05, 4.69) is 59.6 Å². The predicted molar refractivity (Wildman–Crippen MR) is 241 cm³/mol. The van der Waals surface area contributed by atoms with Crippen molar-refractivity contribution in [1.82, 2.24) is 59.4 Å². The molecule has 64 heavy (non-hydrogen) atoms. The van der Waals surface area contributed by atoms with E-state index in [9.17, 15) is 9.59 Å². The van der Waals surface area contributed by atoms with Crippen molar-refractivity contribution in [1.29, 1.82) is 0 Å². The van der Waals surface area contributed by atoms with Gasteiger partial charge in [-0.05, 0) is 50.1 Å². The van der Waals surface area contributed by atoms with Crippen LogP contribution in [0, 0.1) is 0 Å². The summed E-state index contributed by atoms with van der Waals surface area (Å²) in [5.41, 5.74) is 2.83. The molecule has 2 atom stereocenters. The number of carbonyl (C=O) groups excluding carboxylic acids is 2. The van der Waals surface area contributed by atoms with E-state index in [-0.39, 0.29) is 48.7 Å². The van der Waals surface area contributed by atoms with Crippen LogP contribution in [0.2, 0.25) is 5.28 Å². The van der Waals surface area contributed by atoms with Gasteiger partial charge in [0.15, 0.2) is 23.3 Å². The normalized spacial score (nSPS) is 18.8. The monoisotopic (exact) mass is 892 g/mol. The second-order valence-corrected chi connectivity index (χ2v) is 15.4. The molecule has 10 heterocycles. The number of nitrogens with zero attached hydrogens (tertiary/aromatic N) is 15. The predicted octanol–water partition coefficient (Wildman–Crippen LogP) is 5.23. The van der Waals surface area contributed by atoms with E-state index in [4.69, 9.17) is 26.1 Å². The minimum atomic E-state index is -0.259. The minimum Gasteiger partial charge on any atom is -0.381 e. The van der Waals surface area contributed by atoms with Crippen molar-refractivity contribution in [3.63, 3.8) is 0 Å². The summed E-state index contributed by atoms with van der Waals surface area (Å²) in [7, 11) is 3.55. The van der Waals surface area contributed by atoms with Crippen molar-refractivity contribution >= 4 is 46.4 Å². The van der Waals surface area contributed by atoms with Gasteiger partial charge in [-0.2, -0.15) is 9.97 Å². The average molecular weight is 893 g/mol. The van der Waals surface area contributed by atoms with Crippen molar-refractivity contribution in [2.24, 2.45) is 0 Å². The molecule has 0 aliphatic carbocycles. The zero-order chi connectivity index (χ0) is 43.9. The van der Waals surface area contributed by atoms with Crippen LogP contribution in [0.4, 0.5) is 23.0 Å². The van der Waals surface area contributed by atoms with E-state index in [1.54, 1.807) is 103 Å². The van der Waals surface area contributed by atoms with Crippen molar-refractivity contribution < 1.29 is 19.1 Å². The standard InChI is InChI=1S/C21H24N8O2.C14H19ClN4O2.C7H6N4.CH4/c1-3-16-20(30)27(2)17-13-25-21(26-19(17)29(16)14-4-10-31-11-5-14)28-9-8-24-18(28)15-12-22-6-7-23-15;1-3-10-13(20)18(2)11-8-16-14(15)17-12(11)19(10)9-4-6-21-7-5-9;1-2-9-6(5-8-1)7-10-3-4-11-7;/h6-9,12-14,16H,3-5,10-11H2,1-2H3;8-10H,3-7H2,1-2H3;1-5H,(H,10,11);1H4/t16-;10-;;/m11../s1. The first-order valence-corrected chi connectivity index (χ1v) is 21.4. The molecule has 0 aromatic carbocycles. The number of amides is 2. The second kappa shape index (κ2) is 20.8. The molecule has 4 aliphatic rings. The maximum Gasteiger partial charge on any atom is 0.249 e. The van der Waals surface area contributed by atoms with Gasteiger partial charge in [-0.25, -0.2) is 29.9 Å². The molecule has 1 N–H and O–H groups in total. The highest BCUT2D eigenvalue weighted by Gasteiger charge is 2.42. The van der Waals surface area contributed by atoms with Crippen molar-refractivity contribution in [3.05, 3.63) is 79.6 Å². The molecule has 4 aliphatic heterocycles. The Morgan fingerprint density at radius 3 is 1.72 bits per heavy atom. The number of hydrogen-bond acceptors (Lipinski definition) is 16. The van der Waals surface area contributed by atoms with Crippen LogP contribution in [0.1, 0.15) is 59.8 Å². The summed E-state index contributed by atoms with van der Waals surface area (Å²) in [6.07, 6.45) is 25.1. The number of fused-ring (bicyclic) bond motifs is 2. The molecule has 6 aromatic heterocycles. The van der Waals surface area contributed by atoms with Crippen molar-refractivity contribution in [2.45, 2.75) is 84.0 Å². The van der Waals surface area contributed by atoms with Crippen LogP contribution < -0.4 is 19.6 Å². The van der Waals surface area contributed by atoms with Gasteiger partial charge in [-0.15, -0.1) is 0 Å². The molecular weight excluding hydrogens is 840 g/mol. The van der Waals surface area contributed by atoms with Gasteiger partial charge < -0.3 is 34.1 Å². The largest absolute Gasteiger partial charge is 0.381 e. The van der Waals surface area contributed by atoms with Gasteiger partial charge >= 0.3 is 0 Å². The number of aromatic amines is 1. The Labute approximate surface area is 376 Å². The first-order valence-electron chi connectivity index (χ1n) is 21.0. The number of aromatic nitrogens is 12. The van der Waals surface area contributed by atoms with Crippen LogP contribution in [-0.4, -0.2) is 136 Å². The minimum absolute atomic E-state index is 0. The summed E-state index contributed by atoms with van der Waals surface area (Å²) in [5, 5.41) is 0.211. The van der Waals surface area contributed by atoms with E-state index >= 15 is 0 Å². The molecule has 0 unspecified atom stereocenters. The number of rotatable bonds is 7. The van der Waals surface area contributed by atoms with Crippen LogP contribution in [-0.2, 0) is 19.1 Å². The van der Waals surface area contributed by atoms with E-state index in [0.717, 1.165) is 74.2 Å². The zero-order valence-electron chi connectivity index (χ0n) is 35.5. The Kier molecular flexibility index (Phi) is 14.8. The maximum absolute atomic E-state index is 13.1. The molecule has 0 saturated carbocycles. The molecule has 21 heteroatoms. The molecule has 336 valence electrons. The Morgan fingerprint density at radius 2 is 1.20 bits per heavy atom. The molecule has 6 aromatic rings. The molecule has 0 radical (unpaired) electrons. The molecule has 20 nitrogen and oxygen atoms in total. The number of likely N-dealkylation sites (N-methyl/N-ethyl adjacent to an activating group) is 2. The number of hydrogen-bond donors (Lipinski definition) is 1. The number of ether oxygens (including phenoxy) is 2. The van der Waals surface area contributed by atoms with Crippen LogP contribution in [0.15, 0.2) is 74.4 Å². The van der Waals surface area contributed by atoms with Crippen LogP contribution in [0.5, 0.6) is 0 Å². The van der Waals surface area contributed by atoms with Gasteiger partial charge in [-0.1, -0.05) is 21.3 Å². The van der Waals surface area contributed by atoms with Crippen LogP contribution in [0.25, 0.3) is 29.0 Å². The number of carbonyl (C=O) groups is 2. The van der Waals surface area contributed by atoms with Gasteiger partial charge in [0.2, 0.25) is 23.0 Å². The number of anilines is 4. The molecule has 2 saturated heterocycles. The Hall–Kier alpha value is -6.51. The van der Waals surface area contributed by atoms with Crippen molar-refractivity contribution in [2.75, 3.05) is 60.1 Å². The first kappa shape index (κ1) is 45.5. The summed E-state index contributed by atoms with van der Waals surface area (Å²) in [4.78, 5) is 79.1. The van der Waals surface area contributed by atoms with Gasteiger partial charge in [0, 0.05) is 102 Å². The second-order valence-electron chi connectivity index (χ2n) is 15.1. The molecule has 0 spiro atoms. The lowest BCUT2D eigenvalue weighted by molar-refractivity contribution is -0.121. The fourth-order valence-corrected chi connectivity index (χ4v) is 8.44. The Balaban J connectivity index is 0.000000159. The summed E-state index contributed by atoms with van der Waals surface area (Å²) in [6.45, 7) is 6.88. The van der Waals surface area contributed by atoms with E-state index in [1.165, 1.54) is 0 Å². The van der Waals surface area contributed by atoms with Gasteiger partial charge in [0.25, 0.3) is 0 Å². The third-order valence-corrected chi connectivity index (χ3v) is 11.6. The molecule has 10 rings (SSSR count). The average Bonchev–Trinajstić information content (AvgIpc) is 4.07. The lowest BCUT2D eigenvalue weighted by atomic mass is 9.99. The highest BCUT2D eigenvalue weighted by Crippen LogP contribution is 2.39. The summed E-state index contributed by atoms with van der Waals surface area (Å²) in [5.74, 6) is 3.52.